The molecule has 1 unspecified atom stereocenters. The summed E-state index contributed by atoms with van der Waals surface area (Å²) in [4.78, 5) is 0. The highest BCUT2D eigenvalue weighted by Crippen LogP contribution is 2.27. The number of nitrogens with zero attached hydrogens (tertiary/aromatic N) is 1. The van der Waals surface area contributed by atoms with Gasteiger partial charge in [0, 0.05) is 24.5 Å². The van der Waals surface area contributed by atoms with E-state index in [-0.39, 0.29) is 0 Å². The summed E-state index contributed by atoms with van der Waals surface area (Å²) in [6.45, 7) is 5.54. The van der Waals surface area contributed by atoms with E-state index >= 15 is 0 Å². The fourth-order valence-electron chi connectivity index (χ4n) is 1.79. The molecule has 0 saturated carbocycles. The fraction of sp³-hybridized carbons (Fsp3) is 0.600. The summed E-state index contributed by atoms with van der Waals surface area (Å²) in [7, 11) is 2.13. The van der Waals surface area contributed by atoms with Gasteiger partial charge in [-0.05, 0) is 38.4 Å². The second-order valence-electron chi connectivity index (χ2n) is 3.68. The maximum absolute atomic E-state index is 3.43. The molecule has 66 valence electrons. The molecule has 2 nitrogen and oxygen atoms in total. The molecule has 0 amide bonds. The van der Waals surface area contributed by atoms with Crippen LogP contribution in [0.4, 0.5) is 0 Å². The van der Waals surface area contributed by atoms with Crippen molar-refractivity contribution in [3.8, 4) is 0 Å². The molecule has 1 aliphatic rings. The Morgan fingerprint density at radius 2 is 2.17 bits per heavy atom. The highest BCUT2D eigenvalue weighted by atomic mass is 15.0. The molecule has 0 spiro atoms. The summed E-state index contributed by atoms with van der Waals surface area (Å²) in [5.41, 5.74) is 4.25. The third-order valence-electron chi connectivity index (χ3n) is 3.01. The van der Waals surface area contributed by atoms with Gasteiger partial charge in [0.25, 0.3) is 0 Å². The van der Waals surface area contributed by atoms with E-state index in [1.807, 2.05) is 0 Å². The van der Waals surface area contributed by atoms with E-state index in [2.05, 4.69) is 36.8 Å². The van der Waals surface area contributed by atoms with Crippen LogP contribution >= 0.6 is 0 Å². The molecular weight excluding hydrogens is 148 g/mol. The summed E-state index contributed by atoms with van der Waals surface area (Å²) >= 11 is 0. The molecule has 0 aliphatic carbocycles. The van der Waals surface area contributed by atoms with Crippen LogP contribution in [0.2, 0.25) is 0 Å². The van der Waals surface area contributed by atoms with Crippen LogP contribution in [-0.2, 0) is 7.05 Å². The van der Waals surface area contributed by atoms with Gasteiger partial charge in [0.05, 0.1) is 0 Å². The first-order valence-corrected chi connectivity index (χ1v) is 4.56. The molecule has 1 aliphatic heterocycles. The molecule has 0 bridgehead atoms. The Morgan fingerprint density at radius 3 is 2.50 bits per heavy atom. The van der Waals surface area contributed by atoms with Gasteiger partial charge in [0.2, 0.25) is 0 Å². The highest BCUT2D eigenvalue weighted by Gasteiger charge is 2.22. The monoisotopic (exact) mass is 164 g/mol. The summed E-state index contributed by atoms with van der Waals surface area (Å²) < 4.78 is 2.26. The molecule has 1 N–H and O–H groups in total. The van der Waals surface area contributed by atoms with Crippen molar-refractivity contribution in [2.75, 3.05) is 6.54 Å². The minimum absolute atomic E-state index is 0.630. The van der Waals surface area contributed by atoms with E-state index in [1.165, 1.54) is 29.9 Å². The zero-order valence-electron chi connectivity index (χ0n) is 8.02. The van der Waals surface area contributed by atoms with Gasteiger partial charge >= 0.3 is 0 Å². The van der Waals surface area contributed by atoms with Crippen molar-refractivity contribution in [3.05, 3.63) is 23.0 Å². The SMILES string of the molecule is Cc1cc(C2CCN2)c(C)n1C. The summed E-state index contributed by atoms with van der Waals surface area (Å²) in [5.74, 6) is 0. The van der Waals surface area contributed by atoms with Crippen LogP contribution in [0, 0.1) is 13.8 Å². The van der Waals surface area contributed by atoms with Gasteiger partial charge in [-0.25, -0.2) is 0 Å². The molecule has 1 atom stereocenters. The normalized spacial score (nSPS) is 22.4. The molecule has 2 rings (SSSR count). The van der Waals surface area contributed by atoms with Gasteiger partial charge in [0.1, 0.15) is 0 Å². The molecule has 12 heavy (non-hydrogen) atoms. The van der Waals surface area contributed by atoms with Crippen LogP contribution in [0.15, 0.2) is 6.07 Å². The predicted molar refractivity (Wildman–Crippen MR) is 50.2 cm³/mol. The molecular formula is C10H16N2. The Morgan fingerprint density at radius 1 is 1.50 bits per heavy atom. The van der Waals surface area contributed by atoms with Gasteiger partial charge in [-0.3, -0.25) is 0 Å². The van der Waals surface area contributed by atoms with Crippen LogP contribution < -0.4 is 5.32 Å². The molecule has 1 saturated heterocycles. The second kappa shape index (κ2) is 2.63. The largest absolute Gasteiger partial charge is 0.352 e. The van der Waals surface area contributed by atoms with E-state index in [0.717, 1.165) is 0 Å². The lowest BCUT2D eigenvalue weighted by Crippen LogP contribution is -2.35. The van der Waals surface area contributed by atoms with Crippen LogP contribution in [0.1, 0.15) is 29.4 Å². The summed E-state index contributed by atoms with van der Waals surface area (Å²) in [6, 6.07) is 2.93. The summed E-state index contributed by atoms with van der Waals surface area (Å²) in [5, 5.41) is 3.43. The minimum atomic E-state index is 0.630. The van der Waals surface area contributed by atoms with Crippen molar-refractivity contribution in [2.24, 2.45) is 7.05 Å². The molecule has 0 radical (unpaired) electrons. The van der Waals surface area contributed by atoms with E-state index in [1.54, 1.807) is 0 Å². The van der Waals surface area contributed by atoms with Crippen molar-refractivity contribution in [1.82, 2.24) is 9.88 Å². The summed E-state index contributed by atoms with van der Waals surface area (Å²) in [6.07, 6.45) is 1.30. The highest BCUT2D eigenvalue weighted by molar-refractivity contribution is 5.30. The number of aryl methyl sites for hydroxylation is 1. The van der Waals surface area contributed by atoms with Crippen molar-refractivity contribution in [2.45, 2.75) is 26.3 Å². The third kappa shape index (κ3) is 0.985. The number of hydrogen-bond donors (Lipinski definition) is 1. The first-order chi connectivity index (χ1) is 5.70. The van der Waals surface area contributed by atoms with E-state index in [0.29, 0.717) is 6.04 Å². The van der Waals surface area contributed by atoms with Gasteiger partial charge in [-0.2, -0.15) is 0 Å². The van der Waals surface area contributed by atoms with Gasteiger partial charge < -0.3 is 9.88 Å². The standard InChI is InChI=1S/C10H16N2/c1-7-6-9(8(2)12(7)3)10-4-5-11-10/h6,10-11H,4-5H2,1-3H3. The molecule has 2 heteroatoms. The fourth-order valence-corrected chi connectivity index (χ4v) is 1.79. The average molecular weight is 164 g/mol. The first kappa shape index (κ1) is 7.87. The van der Waals surface area contributed by atoms with E-state index in [9.17, 15) is 0 Å². The van der Waals surface area contributed by atoms with Crippen molar-refractivity contribution >= 4 is 0 Å². The van der Waals surface area contributed by atoms with Crippen molar-refractivity contribution < 1.29 is 0 Å². The lowest BCUT2D eigenvalue weighted by Gasteiger charge is -2.27. The van der Waals surface area contributed by atoms with Gasteiger partial charge in [-0.1, -0.05) is 0 Å². The van der Waals surface area contributed by atoms with Gasteiger partial charge in [0.15, 0.2) is 0 Å². The maximum atomic E-state index is 3.43. The Hall–Kier alpha value is -0.760. The Kier molecular flexibility index (Phi) is 1.72. The third-order valence-corrected chi connectivity index (χ3v) is 3.01. The Balaban J connectivity index is 2.36. The zero-order valence-corrected chi connectivity index (χ0v) is 8.02. The average Bonchev–Trinajstić information content (AvgIpc) is 2.15. The number of aromatic nitrogens is 1. The Bertz CT molecular complexity index is 295. The number of rotatable bonds is 1. The molecule has 2 heterocycles. The quantitative estimate of drug-likeness (QED) is 0.668. The number of nitrogens with one attached hydrogen (secondary N) is 1. The first-order valence-electron chi connectivity index (χ1n) is 4.56. The topological polar surface area (TPSA) is 17.0 Å². The second-order valence-corrected chi connectivity index (χ2v) is 3.68. The van der Waals surface area contributed by atoms with E-state index in [4.69, 9.17) is 0 Å². The van der Waals surface area contributed by atoms with E-state index < -0.39 is 0 Å². The minimum Gasteiger partial charge on any atom is -0.352 e. The van der Waals surface area contributed by atoms with Crippen LogP contribution in [0.5, 0.6) is 0 Å². The predicted octanol–water partition coefficient (Wildman–Crippen LogP) is 1.68. The Labute approximate surface area is 73.6 Å². The maximum Gasteiger partial charge on any atom is 0.0350 e. The van der Waals surface area contributed by atoms with Crippen LogP contribution in [0.3, 0.4) is 0 Å². The lowest BCUT2D eigenvalue weighted by molar-refractivity contribution is 0.381. The smallest absolute Gasteiger partial charge is 0.0350 e. The van der Waals surface area contributed by atoms with Crippen molar-refractivity contribution in [1.29, 1.82) is 0 Å². The van der Waals surface area contributed by atoms with Gasteiger partial charge in [-0.15, -0.1) is 0 Å². The lowest BCUT2D eigenvalue weighted by atomic mass is 9.98. The van der Waals surface area contributed by atoms with Crippen molar-refractivity contribution in [3.63, 3.8) is 0 Å². The molecule has 1 fully saturated rings. The number of hydrogen-bond acceptors (Lipinski definition) is 1. The zero-order chi connectivity index (χ0) is 8.72. The molecule has 1 aromatic rings. The van der Waals surface area contributed by atoms with Crippen LogP contribution in [-0.4, -0.2) is 11.1 Å². The molecule has 1 aromatic heterocycles. The molecule has 0 aromatic carbocycles. The van der Waals surface area contributed by atoms with Crippen LogP contribution in [0.25, 0.3) is 0 Å².